The van der Waals surface area contributed by atoms with Gasteiger partial charge in [-0.3, -0.25) is 10.2 Å². The van der Waals surface area contributed by atoms with Crippen molar-refractivity contribution in [3.05, 3.63) is 47.9 Å². The van der Waals surface area contributed by atoms with Crippen LogP contribution in [0, 0.1) is 11.2 Å². The maximum atomic E-state index is 13.1. The molecule has 2 aromatic rings. The van der Waals surface area contributed by atoms with Gasteiger partial charge in [0.2, 0.25) is 0 Å². The molecule has 1 heterocycles. The predicted octanol–water partition coefficient (Wildman–Crippen LogP) is 3.67. The molecule has 2 atom stereocenters. The topological polar surface area (TPSA) is 111 Å². The van der Waals surface area contributed by atoms with E-state index in [1.54, 1.807) is 0 Å². The smallest absolute Gasteiger partial charge is 0.272 e. The number of nitrogens with one attached hydrogen (secondary N) is 4. The summed E-state index contributed by atoms with van der Waals surface area (Å²) < 4.78 is 44.1. The van der Waals surface area contributed by atoms with Gasteiger partial charge in [-0.25, -0.2) is 18.2 Å². The van der Waals surface area contributed by atoms with Crippen molar-refractivity contribution >= 4 is 29.8 Å². The number of hydrazone groups is 1. The molecule has 0 bridgehead atoms. The van der Waals surface area contributed by atoms with Crippen LogP contribution < -0.4 is 20.8 Å². The first-order valence-corrected chi connectivity index (χ1v) is 10.0. The molecule has 4 N–H and O–H groups in total. The summed E-state index contributed by atoms with van der Waals surface area (Å²) in [6.45, 7) is -0.608. The Hall–Kier alpha value is -3.63. The summed E-state index contributed by atoms with van der Waals surface area (Å²) in [5.41, 5.74) is 2.83. The quantitative estimate of drug-likeness (QED) is 0.327. The highest BCUT2D eigenvalue weighted by molar-refractivity contribution is 6.14. The molecule has 170 valence electrons. The fourth-order valence-electron chi connectivity index (χ4n) is 3.30. The molecule has 1 aromatic carbocycles. The number of benzene rings is 1. The first kappa shape index (κ1) is 23.0. The minimum Gasteiger partial charge on any atom is -0.488 e. The molecule has 0 spiro atoms. The predicted molar refractivity (Wildman–Crippen MR) is 116 cm³/mol. The van der Waals surface area contributed by atoms with Crippen molar-refractivity contribution in [2.45, 2.75) is 37.8 Å². The van der Waals surface area contributed by atoms with Crippen LogP contribution in [0.15, 0.2) is 41.5 Å². The van der Waals surface area contributed by atoms with E-state index < -0.39 is 18.9 Å². The van der Waals surface area contributed by atoms with Crippen LogP contribution >= 0.6 is 0 Å². The lowest BCUT2D eigenvalue weighted by Crippen LogP contribution is -2.43. The number of rotatable bonds is 10. The molecule has 32 heavy (non-hydrogen) atoms. The average Bonchev–Trinajstić information content (AvgIpc) is 3.21. The molecule has 1 aliphatic carbocycles. The van der Waals surface area contributed by atoms with Gasteiger partial charge in [-0.15, -0.1) is 0 Å². The highest BCUT2D eigenvalue weighted by atomic mass is 19.3. The van der Waals surface area contributed by atoms with Crippen LogP contribution in [0.1, 0.15) is 29.8 Å². The molecule has 3 rings (SSSR count). The van der Waals surface area contributed by atoms with E-state index in [0.29, 0.717) is 18.6 Å². The molecule has 1 amide bonds. The molecule has 0 saturated heterocycles. The Labute approximate surface area is 182 Å². The summed E-state index contributed by atoms with van der Waals surface area (Å²) in [4.78, 5) is 17.1. The number of halogens is 3. The van der Waals surface area contributed by atoms with E-state index >= 15 is 0 Å². The molecule has 1 aliphatic rings. The van der Waals surface area contributed by atoms with Crippen LogP contribution in [-0.2, 0) is 0 Å². The highest BCUT2D eigenvalue weighted by Gasteiger charge is 2.31. The SMILES string of the molecule is N=C/C=N\Nc1ccc(NCC(F)F)nc1C(=O)NC1CCCC1Oc1ccc(F)cc1. The second-order valence-corrected chi connectivity index (χ2v) is 7.04. The minimum atomic E-state index is -2.58. The number of anilines is 2. The summed E-state index contributed by atoms with van der Waals surface area (Å²) in [6, 6.07) is 8.25. The lowest BCUT2D eigenvalue weighted by molar-refractivity contribution is 0.0890. The van der Waals surface area contributed by atoms with Crippen molar-refractivity contribution in [3.63, 3.8) is 0 Å². The Morgan fingerprint density at radius 3 is 2.75 bits per heavy atom. The van der Waals surface area contributed by atoms with Crippen LogP contribution in [0.25, 0.3) is 0 Å². The molecule has 1 saturated carbocycles. The van der Waals surface area contributed by atoms with Gasteiger partial charge >= 0.3 is 0 Å². The zero-order valence-corrected chi connectivity index (χ0v) is 17.0. The number of nitrogens with zero attached hydrogens (tertiary/aromatic N) is 2. The summed E-state index contributed by atoms with van der Waals surface area (Å²) in [5.74, 6) is -0.289. The normalized spacial score (nSPS) is 18.0. The minimum absolute atomic E-state index is 0.0428. The Morgan fingerprint density at radius 1 is 1.25 bits per heavy atom. The first-order valence-electron chi connectivity index (χ1n) is 10.0. The Morgan fingerprint density at radius 2 is 2.03 bits per heavy atom. The van der Waals surface area contributed by atoms with Crippen LogP contribution in [0.2, 0.25) is 0 Å². The van der Waals surface area contributed by atoms with Gasteiger partial charge in [-0.2, -0.15) is 5.10 Å². The third-order valence-corrected chi connectivity index (χ3v) is 4.75. The van der Waals surface area contributed by atoms with E-state index in [1.807, 2.05) is 0 Å². The van der Waals surface area contributed by atoms with Crippen molar-refractivity contribution < 1.29 is 22.7 Å². The molecule has 2 unspecified atom stereocenters. The van der Waals surface area contributed by atoms with Gasteiger partial charge in [0.05, 0.1) is 24.5 Å². The zero-order valence-electron chi connectivity index (χ0n) is 17.0. The van der Waals surface area contributed by atoms with Crippen LogP contribution in [0.3, 0.4) is 0 Å². The second kappa shape index (κ2) is 11.1. The molecule has 8 nitrogen and oxygen atoms in total. The standard InChI is InChI=1S/C21H23F3N6O2/c22-13-4-6-14(7-5-13)32-17-3-1-2-15(17)28-21(31)20-16(30-27-11-10-25)8-9-19(29-20)26-12-18(23)24/h4-11,15,17-18,25,30H,1-3,12H2,(H,26,29)(H,28,31)/b25-10?,27-11-. The molecular formula is C21H23F3N6O2. The molecule has 0 aliphatic heterocycles. The van der Waals surface area contributed by atoms with E-state index in [2.05, 4.69) is 26.1 Å². The molecule has 1 fully saturated rings. The summed E-state index contributed by atoms with van der Waals surface area (Å²) in [6.07, 6.45) is 1.46. The van der Waals surface area contributed by atoms with E-state index in [4.69, 9.17) is 10.1 Å². The Kier molecular flexibility index (Phi) is 8.01. The molecular weight excluding hydrogens is 425 g/mol. The molecule has 0 radical (unpaired) electrons. The van der Waals surface area contributed by atoms with Gasteiger partial charge in [-0.05, 0) is 55.7 Å². The van der Waals surface area contributed by atoms with Gasteiger partial charge in [0, 0.05) is 6.21 Å². The number of ether oxygens (including phenoxy) is 1. The fraction of sp³-hybridized carbons (Fsp3) is 0.333. The number of aromatic nitrogens is 1. The maximum Gasteiger partial charge on any atom is 0.272 e. The summed E-state index contributed by atoms with van der Waals surface area (Å²) in [7, 11) is 0. The van der Waals surface area contributed by atoms with Gasteiger partial charge in [0.25, 0.3) is 12.3 Å². The second-order valence-electron chi connectivity index (χ2n) is 7.04. The van der Waals surface area contributed by atoms with E-state index in [1.165, 1.54) is 42.6 Å². The van der Waals surface area contributed by atoms with Crippen molar-refractivity contribution in [1.29, 1.82) is 5.41 Å². The number of pyridine rings is 1. The van der Waals surface area contributed by atoms with Crippen molar-refractivity contribution in [2.24, 2.45) is 5.10 Å². The average molecular weight is 448 g/mol. The Bertz CT molecular complexity index is 955. The van der Waals surface area contributed by atoms with Crippen molar-refractivity contribution in [2.75, 3.05) is 17.3 Å². The van der Waals surface area contributed by atoms with Crippen LogP contribution in [0.5, 0.6) is 5.75 Å². The van der Waals surface area contributed by atoms with Gasteiger partial charge in [-0.1, -0.05) is 0 Å². The highest BCUT2D eigenvalue weighted by Crippen LogP contribution is 2.26. The van der Waals surface area contributed by atoms with Crippen LogP contribution in [0.4, 0.5) is 24.7 Å². The van der Waals surface area contributed by atoms with Crippen molar-refractivity contribution in [1.82, 2.24) is 10.3 Å². The van der Waals surface area contributed by atoms with Gasteiger partial charge in [0.15, 0.2) is 5.69 Å². The monoisotopic (exact) mass is 448 g/mol. The van der Waals surface area contributed by atoms with Gasteiger partial charge in [0.1, 0.15) is 23.5 Å². The number of carbonyl (C=O) groups excluding carboxylic acids is 1. The third kappa shape index (κ3) is 6.43. The summed E-state index contributed by atoms with van der Waals surface area (Å²) in [5, 5.41) is 16.1. The number of hydrogen-bond donors (Lipinski definition) is 4. The number of hydrogen-bond acceptors (Lipinski definition) is 7. The number of carbonyl (C=O) groups is 1. The molecule has 11 heteroatoms. The van der Waals surface area contributed by atoms with E-state index in [0.717, 1.165) is 12.6 Å². The lowest BCUT2D eigenvalue weighted by atomic mass is 10.2. The number of alkyl halides is 2. The lowest BCUT2D eigenvalue weighted by Gasteiger charge is -2.23. The maximum absolute atomic E-state index is 13.1. The molecule has 1 aromatic heterocycles. The van der Waals surface area contributed by atoms with Crippen molar-refractivity contribution in [3.8, 4) is 5.75 Å². The van der Waals surface area contributed by atoms with Crippen LogP contribution in [-0.4, -0.2) is 48.4 Å². The Balaban J connectivity index is 1.74. The fourth-order valence-corrected chi connectivity index (χ4v) is 3.30. The largest absolute Gasteiger partial charge is 0.488 e. The van der Waals surface area contributed by atoms with E-state index in [9.17, 15) is 18.0 Å². The first-order chi connectivity index (χ1) is 15.5. The summed E-state index contributed by atoms with van der Waals surface area (Å²) >= 11 is 0. The third-order valence-electron chi connectivity index (χ3n) is 4.75. The number of amides is 1. The van der Waals surface area contributed by atoms with Gasteiger partial charge < -0.3 is 20.8 Å². The van der Waals surface area contributed by atoms with E-state index in [-0.39, 0.29) is 35.2 Å². The zero-order chi connectivity index (χ0) is 22.9.